The first kappa shape index (κ1) is 25.5. The van der Waals surface area contributed by atoms with E-state index in [-0.39, 0.29) is 17.7 Å². The summed E-state index contributed by atoms with van der Waals surface area (Å²) < 4.78 is 0. The Kier molecular flexibility index (Phi) is 8.87. The molecule has 3 aromatic rings. The van der Waals surface area contributed by atoms with Gasteiger partial charge in [-0.25, -0.2) is 4.98 Å². The first-order valence-electron chi connectivity index (χ1n) is 11.2. The van der Waals surface area contributed by atoms with Gasteiger partial charge in [-0.05, 0) is 61.7 Å². The molecule has 0 aliphatic carbocycles. The lowest BCUT2D eigenvalue weighted by Gasteiger charge is -2.22. The van der Waals surface area contributed by atoms with Crippen molar-refractivity contribution in [2.24, 2.45) is 0 Å². The molecule has 8 heteroatoms. The van der Waals surface area contributed by atoms with Gasteiger partial charge in [0.15, 0.2) is 0 Å². The number of carbonyl (C=O) groups is 1. The van der Waals surface area contributed by atoms with Gasteiger partial charge >= 0.3 is 0 Å². The third kappa shape index (κ3) is 6.93. The number of pyridine rings is 1. The van der Waals surface area contributed by atoms with Crippen LogP contribution in [0.15, 0.2) is 60.8 Å². The summed E-state index contributed by atoms with van der Waals surface area (Å²) in [7, 11) is 0. The van der Waals surface area contributed by atoms with Crippen molar-refractivity contribution in [2.75, 3.05) is 18.8 Å². The Bertz CT molecular complexity index is 1110. The van der Waals surface area contributed by atoms with Crippen molar-refractivity contribution in [3.05, 3.63) is 88.1 Å². The fourth-order valence-corrected chi connectivity index (χ4v) is 3.92. The molecule has 1 amide bonds. The minimum atomic E-state index is -0.687. The van der Waals surface area contributed by atoms with Gasteiger partial charge in [0.25, 0.3) is 5.91 Å². The largest absolute Gasteiger partial charge is 0.508 e. The van der Waals surface area contributed by atoms with Crippen LogP contribution in [0.2, 0.25) is 5.02 Å². The fourth-order valence-electron chi connectivity index (χ4n) is 3.68. The number of rotatable bonds is 10. The third-order valence-corrected chi connectivity index (χ3v) is 5.99. The van der Waals surface area contributed by atoms with Gasteiger partial charge in [-0.15, -0.1) is 0 Å². The van der Waals surface area contributed by atoms with Crippen LogP contribution in [-0.2, 0) is 13.0 Å². The predicted molar refractivity (Wildman–Crippen MR) is 135 cm³/mol. The predicted octanol–water partition coefficient (Wildman–Crippen LogP) is 3.94. The molecule has 0 aliphatic heterocycles. The summed E-state index contributed by atoms with van der Waals surface area (Å²) >= 11 is 6.23. The normalized spacial score (nSPS) is 12.8. The minimum Gasteiger partial charge on any atom is -0.508 e. The van der Waals surface area contributed by atoms with E-state index < -0.39 is 6.10 Å². The molecule has 0 fully saturated rings. The van der Waals surface area contributed by atoms with Crippen LogP contribution in [0.25, 0.3) is 0 Å². The van der Waals surface area contributed by atoms with E-state index in [0.717, 1.165) is 11.1 Å². The van der Waals surface area contributed by atoms with Crippen molar-refractivity contribution in [3.63, 3.8) is 0 Å². The Morgan fingerprint density at radius 2 is 2.00 bits per heavy atom. The molecule has 0 radical (unpaired) electrons. The van der Waals surface area contributed by atoms with E-state index >= 15 is 0 Å². The van der Waals surface area contributed by atoms with Gasteiger partial charge in [-0.2, -0.15) is 0 Å². The van der Waals surface area contributed by atoms with Crippen LogP contribution in [0.5, 0.6) is 5.75 Å². The van der Waals surface area contributed by atoms with E-state index in [1.807, 2.05) is 38.1 Å². The van der Waals surface area contributed by atoms with Crippen LogP contribution < -0.4 is 11.1 Å². The number of anilines is 1. The van der Waals surface area contributed by atoms with Gasteiger partial charge < -0.3 is 26.2 Å². The number of carbonyl (C=O) groups excluding carboxylic acids is 1. The number of nitrogens with two attached hydrogens (primary N) is 1. The second kappa shape index (κ2) is 11.8. The standard InChI is InChI=1S/C26H31ClN4O3/c1-3-31(16-21-7-9-22(32)13-23(21)27)26(34)19-6-4-5-18(12-19)11-17(2)29-15-24(33)20-8-10-25(28)30-14-20/h4-10,12-14,17,24,29,32-33H,3,11,15-16H2,1-2H3,(H2,28,30)/t17-,24-/m1/s1. The number of phenolic OH excluding ortho intramolecular Hbond substituents is 1. The summed E-state index contributed by atoms with van der Waals surface area (Å²) in [5.74, 6) is 0.427. The average Bonchev–Trinajstić information content (AvgIpc) is 2.82. The summed E-state index contributed by atoms with van der Waals surface area (Å²) in [4.78, 5) is 18.9. The maximum atomic E-state index is 13.2. The summed E-state index contributed by atoms with van der Waals surface area (Å²) in [6, 6.07) is 15.9. The smallest absolute Gasteiger partial charge is 0.254 e. The summed E-state index contributed by atoms with van der Waals surface area (Å²) in [5, 5.41) is 23.7. The van der Waals surface area contributed by atoms with Gasteiger partial charge in [-0.3, -0.25) is 4.79 Å². The second-order valence-electron chi connectivity index (χ2n) is 8.34. The molecule has 180 valence electrons. The quantitative estimate of drug-likeness (QED) is 0.348. The van der Waals surface area contributed by atoms with Crippen molar-refractivity contribution in [1.29, 1.82) is 0 Å². The lowest BCUT2D eigenvalue weighted by atomic mass is 10.0. The number of aromatic hydroxyl groups is 1. The SMILES string of the molecule is CCN(Cc1ccc(O)cc1Cl)C(=O)c1cccc(C[C@@H](C)NC[C@@H](O)c2ccc(N)nc2)c1. The fraction of sp³-hybridized carbons (Fsp3) is 0.308. The van der Waals surface area contributed by atoms with Crippen molar-refractivity contribution >= 4 is 23.3 Å². The molecule has 2 atom stereocenters. The Balaban J connectivity index is 1.60. The zero-order valence-electron chi connectivity index (χ0n) is 19.4. The average molecular weight is 483 g/mol. The van der Waals surface area contributed by atoms with E-state index in [1.54, 1.807) is 35.4 Å². The molecule has 0 saturated carbocycles. The van der Waals surface area contributed by atoms with Crippen molar-refractivity contribution in [1.82, 2.24) is 15.2 Å². The second-order valence-corrected chi connectivity index (χ2v) is 8.75. The number of hydrogen-bond acceptors (Lipinski definition) is 6. The van der Waals surface area contributed by atoms with Gasteiger partial charge in [0.2, 0.25) is 0 Å². The molecule has 5 N–H and O–H groups in total. The first-order chi connectivity index (χ1) is 16.3. The molecule has 0 spiro atoms. The Morgan fingerprint density at radius 3 is 2.68 bits per heavy atom. The zero-order valence-corrected chi connectivity index (χ0v) is 20.2. The highest BCUT2D eigenvalue weighted by Crippen LogP contribution is 2.23. The highest BCUT2D eigenvalue weighted by Gasteiger charge is 2.17. The molecular formula is C26H31ClN4O3. The maximum absolute atomic E-state index is 13.2. The van der Waals surface area contributed by atoms with Crippen LogP contribution in [0.3, 0.4) is 0 Å². The summed E-state index contributed by atoms with van der Waals surface area (Å²) in [6.07, 6.45) is 1.59. The Hall–Kier alpha value is -3.13. The number of aromatic nitrogens is 1. The van der Waals surface area contributed by atoms with E-state index in [9.17, 15) is 15.0 Å². The molecule has 0 bridgehead atoms. The van der Waals surface area contributed by atoms with E-state index in [2.05, 4.69) is 10.3 Å². The molecule has 0 aliphatic rings. The molecule has 0 saturated heterocycles. The number of aliphatic hydroxyl groups is 1. The Labute approximate surface area is 205 Å². The number of nitrogens with one attached hydrogen (secondary N) is 1. The molecule has 1 heterocycles. The molecule has 34 heavy (non-hydrogen) atoms. The van der Waals surface area contributed by atoms with Crippen LogP contribution in [0.4, 0.5) is 5.82 Å². The summed E-state index contributed by atoms with van der Waals surface area (Å²) in [5.41, 5.74) is 8.70. The third-order valence-electron chi connectivity index (χ3n) is 5.64. The van der Waals surface area contributed by atoms with Gasteiger partial charge in [0.1, 0.15) is 11.6 Å². The number of nitrogen functional groups attached to an aromatic ring is 1. The molecular weight excluding hydrogens is 452 g/mol. The van der Waals surface area contributed by atoms with E-state index in [0.29, 0.717) is 48.0 Å². The number of hydrogen-bond donors (Lipinski definition) is 4. The van der Waals surface area contributed by atoms with Crippen LogP contribution in [-0.4, -0.2) is 45.1 Å². The van der Waals surface area contributed by atoms with Crippen LogP contribution in [0, 0.1) is 0 Å². The van der Waals surface area contributed by atoms with Crippen LogP contribution in [0.1, 0.15) is 47.0 Å². The topological polar surface area (TPSA) is 112 Å². The minimum absolute atomic E-state index is 0.0830. The monoisotopic (exact) mass is 482 g/mol. The van der Waals surface area contributed by atoms with Gasteiger partial charge in [0, 0.05) is 48.0 Å². The van der Waals surface area contributed by atoms with Crippen molar-refractivity contribution in [2.45, 2.75) is 39.0 Å². The molecule has 1 aromatic heterocycles. The van der Waals surface area contributed by atoms with Crippen LogP contribution >= 0.6 is 11.6 Å². The number of nitrogens with zero attached hydrogens (tertiary/aromatic N) is 2. The summed E-state index contributed by atoms with van der Waals surface area (Å²) in [6.45, 7) is 5.21. The highest BCUT2D eigenvalue weighted by molar-refractivity contribution is 6.31. The molecule has 3 rings (SSSR count). The lowest BCUT2D eigenvalue weighted by Crippen LogP contribution is -2.32. The lowest BCUT2D eigenvalue weighted by molar-refractivity contribution is 0.0752. The molecule has 0 unspecified atom stereocenters. The zero-order chi connectivity index (χ0) is 24.7. The highest BCUT2D eigenvalue weighted by atomic mass is 35.5. The van der Waals surface area contributed by atoms with Crippen molar-refractivity contribution < 1.29 is 15.0 Å². The maximum Gasteiger partial charge on any atom is 0.254 e. The number of halogens is 1. The van der Waals surface area contributed by atoms with Crippen molar-refractivity contribution in [3.8, 4) is 5.75 Å². The van der Waals surface area contributed by atoms with Gasteiger partial charge in [-0.1, -0.05) is 35.9 Å². The number of amides is 1. The van der Waals surface area contributed by atoms with E-state index in [1.165, 1.54) is 6.07 Å². The van der Waals surface area contributed by atoms with Gasteiger partial charge in [0.05, 0.1) is 6.10 Å². The Morgan fingerprint density at radius 1 is 1.21 bits per heavy atom. The number of aliphatic hydroxyl groups excluding tert-OH is 1. The molecule has 2 aromatic carbocycles. The first-order valence-corrected chi connectivity index (χ1v) is 11.6. The molecule has 7 nitrogen and oxygen atoms in total. The number of phenols is 1. The number of benzene rings is 2. The van der Waals surface area contributed by atoms with E-state index in [4.69, 9.17) is 17.3 Å².